The number of carbonyl (C=O) groups is 2. The third-order valence-corrected chi connectivity index (χ3v) is 7.08. The smallest absolute Gasteiger partial charge is 0.295 e. The number of rotatable bonds is 8. The number of nitriles is 1. The zero-order valence-corrected chi connectivity index (χ0v) is 21.8. The van der Waals surface area contributed by atoms with E-state index >= 15 is 0 Å². The van der Waals surface area contributed by atoms with Crippen molar-refractivity contribution in [3.63, 3.8) is 0 Å². The zero-order valence-electron chi connectivity index (χ0n) is 21.1. The summed E-state index contributed by atoms with van der Waals surface area (Å²) in [5.74, 6) is -0.643. The third kappa shape index (κ3) is 6.50. The summed E-state index contributed by atoms with van der Waals surface area (Å²) in [7, 11) is 1.62. The first-order chi connectivity index (χ1) is 18.7. The molecular weight excluding hydrogens is 528 g/mol. The third-order valence-electron chi connectivity index (χ3n) is 6.77. The Morgan fingerprint density at radius 3 is 2.67 bits per heavy atom. The lowest BCUT2D eigenvalue weighted by Crippen LogP contribution is -2.40. The average molecular weight is 553 g/mol. The number of likely N-dealkylation sites (N-methyl/N-ethyl adjacent to an activating group) is 1. The maximum Gasteiger partial charge on any atom is 0.295 e. The Labute approximate surface area is 228 Å². The molecular formula is C26H25ClN6O6. The first-order valence-corrected chi connectivity index (χ1v) is 12.5. The molecule has 0 atom stereocenters. The maximum atomic E-state index is 13.2. The van der Waals surface area contributed by atoms with Crippen molar-refractivity contribution in [2.24, 2.45) is 0 Å². The summed E-state index contributed by atoms with van der Waals surface area (Å²) < 4.78 is 1.27. The summed E-state index contributed by atoms with van der Waals surface area (Å²) in [4.78, 5) is 60.0. The van der Waals surface area contributed by atoms with Gasteiger partial charge in [-0.15, -0.1) is 10.1 Å². The molecule has 2 heterocycles. The summed E-state index contributed by atoms with van der Waals surface area (Å²) in [6.45, 7) is 0.299. The topological polar surface area (TPSA) is 152 Å². The molecule has 1 fully saturated rings. The number of aromatic nitrogens is 2. The van der Waals surface area contributed by atoms with Gasteiger partial charge in [0.2, 0.25) is 11.8 Å². The number of fused-ring (bicyclic) bond motifs is 1. The van der Waals surface area contributed by atoms with Crippen LogP contribution in [0.3, 0.4) is 0 Å². The highest BCUT2D eigenvalue weighted by atomic mass is 35.5. The van der Waals surface area contributed by atoms with E-state index in [0.717, 1.165) is 11.1 Å². The Morgan fingerprint density at radius 2 is 2.00 bits per heavy atom. The second-order valence-electron chi connectivity index (χ2n) is 9.28. The van der Waals surface area contributed by atoms with Gasteiger partial charge in [0.05, 0.1) is 27.8 Å². The van der Waals surface area contributed by atoms with Gasteiger partial charge in [-0.05, 0) is 54.2 Å². The van der Waals surface area contributed by atoms with Crippen LogP contribution in [0.2, 0.25) is 5.02 Å². The molecule has 0 spiro atoms. The van der Waals surface area contributed by atoms with Gasteiger partial charge < -0.3 is 14.6 Å². The van der Waals surface area contributed by atoms with E-state index in [1.165, 1.54) is 20.7 Å². The summed E-state index contributed by atoms with van der Waals surface area (Å²) in [6.07, 6.45) is 2.62. The second-order valence-corrected chi connectivity index (χ2v) is 9.69. The highest BCUT2D eigenvalue weighted by molar-refractivity contribution is 6.31. The maximum absolute atomic E-state index is 13.2. The number of benzene rings is 2. The average Bonchev–Trinajstić information content (AvgIpc) is 2.93. The van der Waals surface area contributed by atoms with Crippen molar-refractivity contribution in [3.05, 3.63) is 84.9 Å². The molecule has 39 heavy (non-hydrogen) atoms. The molecule has 13 heteroatoms. The van der Waals surface area contributed by atoms with Crippen LogP contribution in [0, 0.1) is 21.4 Å². The molecule has 4 rings (SSSR count). The minimum atomic E-state index is -0.989. The van der Waals surface area contributed by atoms with E-state index in [9.17, 15) is 24.5 Å². The van der Waals surface area contributed by atoms with Crippen LogP contribution in [0.4, 0.5) is 0 Å². The van der Waals surface area contributed by atoms with Gasteiger partial charge in [0.25, 0.3) is 10.6 Å². The van der Waals surface area contributed by atoms with E-state index in [1.807, 2.05) is 12.1 Å². The molecule has 2 amide bonds. The molecule has 1 aliphatic heterocycles. The van der Waals surface area contributed by atoms with Gasteiger partial charge >= 0.3 is 0 Å². The lowest BCUT2D eigenvalue weighted by atomic mass is 9.89. The minimum absolute atomic E-state index is 0.0925. The molecule has 0 saturated carbocycles. The fourth-order valence-corrected chi connectivity index (χ4v) is 4.83. The molecule has 3 aromatic rings. The van der Waals surface area contributed by atoms with Gasteiger partial charge in [-0.1, -0.05) is 23.7 Å². The van der Waals surface area contributed by atoms with Gasteiger partial charge in [-0.2, -0.15) is 5.26 Å². The van der Waals surface area contributed by atoms with Gasteiger partial charge in [0, 0.05) is 26.7 Å². The van der Waals surface area contributed by atoms with E-state index in [0.29, 0.717) is 47.4 Å². The number of hydrogen-bond donors (Lipinski definition) is 0. The van der Waals surface area contributed by atoms with Crippen LogP contribution < -0.4 is 5.56 Å². The Balaban J connectivity index is 1.43. The van der Waals surface area contributed by atoms with Crippen molar-refractivity contribution in [3.8, 4) is 6.07 Å². The summed E-state index contributed by atoms with van der Waals surface area (Å²) >= 11 is 6.09. The van der Waals surface area contributed by atoms with Crippen LogP contribution in [-0.2, 0) is 27.5 Å². The monoisotopic (exact) mass is 552 g/mol. The van der Waals surface area contributed by atoms with Crippen molar-refractivity contribution in [2.75, 3.05) is 26.7 Å². The number of piperidine rings is 1. The minimum Gasteiger partial charge on any atom is -0.341 e. The van der Waals surface area contributed by atoms with Crippen molar-refractivity contribution in [2.45, 2.75) is 31.8 Å². The van der Waals surface area contributed by atoms with Crippen molar-refractivity contribution in [1.29, 1.82) is 5.26 Å². The molecule has 0 N–H and O–H groups in total. The molecule has 0 radical (unpaired) electrons. The van der Waals surface area contributed by atoms with Crippen LogP contribution in [0.5, 0.6) is 0 Å². The number of carbonyl (C=O) groups excluding carboxylic acids is 2. The predicted molar refractivity (Wildman–Crippen MR) is 140 cm³/mol. The highest BCUT2D eigenvalue weighted by Gasteiger charge is 2.25. The first-order valence-electron chi connectivity index (χ1n) is 12.1. The van der Waals surface area contributed by atoms with Gasteiger partial charge in [-0.3, -0.25) is 19.0 Å². The van der Waals surface area contributed by atoms with E-state index < -0.39 is 17.6 Å². The fraction of sp³-hybridized carbons (Fsp3) is 0.346. The quantitative estimate of drug-likeness (QED) is 0.305. The van der Waals surface area contributed by atoms with E-state index in [2.05, 4.69) is 9.82 Å². The molecule has 1 saturated heterocycles. The number of nitrogens with zero attached hydrogens (tertiary/aromatic N) is 6. The molecule has 0 aliphatic carbocycles. The fourth-order valence-electron chi connectivity index (χ4n) is 4.58. The largest absolute Gasteiger partial charge is 0.341 e. The van der Waals surface area contributed by atoms with Crippen molar-refractivity contribution in [1.82, 2.24) is 19.4 Å². The van der Waals surface area contributed by atoms with Crippen LogP contribution >= 0.6 is 11.6 Å². The molecule has 1 aliphatic rings. The van der Waals surface area contributed by atoms with Gasteiger partial charge in [0.15, 0.2) is 6.61 Å². The number of amides is 2. The van der Waals surface area contributed by atoms with Crippen molar-refractivity contribution < 1.29 is 19.5 Å². The molecule has 202 valence electrons. The molecule has 0 bridgehead atoms. The van der Waals surface area contributed by atoms with Gasteiger partial charge in [-0.25, -0.2) is 4.98 Å². The number of likely N-dealkylation sites (tertiary alicyclic amines) is 1. The van der Waals surface area contributed by atoms with E-state index in [1.54, 1.807) is 37.4 Å². The summed E-state index contributed by atoms with van der Waals surface area (Å²) in [5.41, 5.74) is 2.20. The molecule has 2 aromatic carbocycles. The normalized spacial score (nSPS) is 13.6. The van der Waals surface area contributed by atoms with Gasteiger partial charge in [0.1, 0.15) is 12.6 Å². The molecule has 12 nitrogen and oxygen atoms in total. The van der Waals surface area contributed by atoms with Crippen LogP contribution in [0.1, 0.15) is 35.4 Å². The Hall–Kier alpha value is -4.50. The van der Waals surface area contributed by atoms with E-state index in [-0.39, 0.29) is 30.5 Å². The Kier molecular flexibility index (Phi) is 8.41. The van der Waals surface area contributed by atoms with Crippen molar-refractivity contribution >= 4 is 34.3 Å². The standard InChI is InChI=1S/C26H25ClN6O6/c1-30(13-17-2-3-20(12-28)22(27)10-17)24(34)14-32-16-29-23-5-4-19(11-21(23)26(32)36)18-6-8-31(9-7-18)25(35)15-39-33(37)38/h2-5,10-11,16,18H,6-9,13-15H2,1H3. The summed E-state index contributed by atoms with van der Waals surface area (Å²) in [5, 5.41) is 19.1. The SMILES string of the molecule is CN(Cc1ccc(C#N)c(Cl)c1)C(=O)Cn1cnc2ccc(C3CCN(C(=O)CO[N+](=O)[O-])CC3)cc2c1=O. The van der Waals surface area contributed by atoms with Crippen LogP contribution in [0.25, 0.3) is 10.9 Å². The number of hydrogen-bond acceptors (Lipinski definition) is 8. The van der Waals surface area contributed by atoms with Crippen LogP contribution in [-0.4, -0.2) is 63.0 Å². The second kappa shape index (κ2) is 11.9. The Bertz CT molecular complexity index is 1530. The molecule has 0 unspecified atom stereocenters. The molecule has 1 aromatic heterocycles. The summed E-state index contributed by atoms with van der Waals surface area (Å²) in [6, 6.07) is 12.4. The predicted octanol–water partition coefficient (Wildman–Crippen LogP) is 2.49. The lowest BCUT2D eigenvalue weighted by Gasteiger charge is -2.32. The first kappa shape index (κ1) is 27.5. The lowest BCUT2D eigenvalue weighted by molar-refractivity contribution is -0.754. The van der Waals surface area contributed by atoms with Crippen LogP contribution in [0.15, 0.2) is 47.5 Å². The highest BCUT2D eigenvalue weighted by Crippen LogP contribution is 2.29. The Morgan fingerprint density at radius 1 is 1.26 bits per heavy atom. The van der Waals surface area contributed by atoms with E-state index in [4.69, 9.17) is 16.9 Å². The zero-order chi connectivity index (χ0) is 28.1. The number of halogens is 1.